The van der Waals surface area contributed by atoms with Gasteiger partial charge in [-0.05, 0) is 35.8 Å². The monoisotopic (exact) mass is 333 g/mol. The van der Waals surface area contributed by atoms with Crippen LogP contribution in [-0.4, -0.2) is 34.3 Å². The van der Waals surface area contributed by atoms with Crippen LogP contribution in [0.5, 0.6) is 0 Å². The van der Waals surface area contributed by atoms with Crippen molar-refractivity contribution in [2.24, 2.45) is 5.73 Å². The number of primary amides is 1. The van der Waals surface area contributed by atoms with Crippen LogP contribution in [0, 0.1) is 0 Å². The van der Waals surface area contributed by atoms with Gasteiger partial charge in [0.25, 0.3) is 5.91 Å². The second-order valence-electron chi connectivity index (χ2n) is 3.99. The van der Waals surface area contributed by atoms with Gasteiger partial charge < -0.3 is 10.6 Å². The molecular weight excluding hydrogens is 321 g/mol. The highest BCUT2D eigenvalue weighted by molar-refractivity contribution is 9.10. The van der Waals surface area contributed by atoms with E-state index in [1.54, 1.807) is 19.9 Å². The van der Waals surface area contributed by atoms with Gasteiger partial charge in [0, 0.05) is 16.7 Å². The maximum atomic E-state index is 12.3. The van der Waals surface area contributed by atoms with Gasteiger partial charge in [-0.1, -0.05) is 11.6 Å². The number of rotatable bonds is 4. The van der Waals surface area contributed by atoms with E-state index in [-0.39, 0.29) is 29.2 Å². The number of carbonyl (C=O) groups is 2. The summed E-state index contributed by atoms with van der Waals surface area (Å²) in [4.78, 5) is 28.5. The quantitative estimate of drug-likeness (QED) is 0.854. The average Bonchev–Trinajstić information content (AvgIpc) is 2.27. The molecule has 0 radical (unpaired) electrons. The van der Waals surface area contributed by atoms with E-state index in [1.165, 1.54) is 11.1 Å². The largest absolute Gasteiger partial charge is 0.368 e. The summed E-state index contributed by atoms with van der Waals surface area (Å²) in [7, 11) is 0. The number of aromatic nitrogens is 1. The smallest absolute Gasteiger partial charge is 0.257 e. The SMILES string of the molecule is CC(C)N(CC(N)=O)C(=O)c1cc(Br)cnc1Cl. The van der Waals surface area contributed by atoms with Crippen LogP contribution in [-0.2, 0) is 4.79 Å². The Bertz CT molecular complexity index is 479. The van der Waals surface area contributed by atoms with Crippen molar-refractivity contribution >= 4 is 39.3 Å². The first-order chi connectivity index (χ1) is 8.32. The number of carbonyl (C=O) groups excluding carboxylic acids is 2. The van der Waals surface area contributed by atoms with E-state index in [9.17, 15) is 9.59 Å². The molecule has 1 heterocycles. The van der Waals surface area contributed by atoms with Crippen molar-refractivity contribution in [1.29, 1.82) is 0 Å². The summed E-state index contributed by atoms with van der Waals surface area (Å²) in [6.45, 7) is 3.43. The summed E-state index contributed by atoms with van der Waals surface area (Å²) in [6, 6.07) is 1.40. The summed E-state index contributed by atoms with van der Waals surface area (Å²) in [5.41, 5.74) is 5.36. The number of amides is 2. The molecule has 0 spiro atoms. The molecule has 0 saturated heterocycles. The van der Waals surface area contributed by atoms with Crippen molar-refractivity contribution in [3.8, 4) is 0 Å². The van der Waals surface area contributed by atoms with Crippen LogP contribution in [0.15, 0.2) is 16.7 Å². The minimum atomic E-state index is -0.573. The number of hydrogen-bond acceptors (Lipinski definition) is 3. The molecule has 0 bridgehead atoms. The molecule has 2 N–H and O–H groups in total. The fourth-order valence-corrected chi connectivity index (χ4v) is 1.90. The molecule has 98 valence electrons. The number of pyridine rings is 1. The third-order valence-electron chi connectivity index (χ3n) is 2.25. The van der Waals surface area contributed by atoms with Gasteiger partial charge in [-0.2, -0.15) is 0 Å². The fraction of sp³-hybridized carbons (Fsp3) is 0.364. The minimum absolute atomic E-state index is 0.0957. The molecule has 18 heavy (non-hydrogen) atoms. The molecule has 0 unspecified atom stereocenters. The Hall–Kier alpha value is -1.14. The normalized spacial score (nSPS) is 10.5. The van der Waals surface area contributed by atoms with Crippen LogP contribution in [0.3, 0.4) is 0 Å². The lowest BCUT2D eigenvalue weighted by Gasteiger charge is -2.25. The maximum Gasteiger partial charge on any atom is 0.257 e. The molecular formula is C11H13BrClN3O2. The van der Waals surface area contributed by atoms with Crippen LogP contribution >= 0.6 is 27.5 Å². The Balaban J connectivity index is 3.09. The van der Waals surface area contributed by atoms with Crippen molar-refractivity contribution in [1.82, 2.24) is 9.88 Å². The highest BCUT2D eigenvalue weighted by atomic mass is 79.9. The Labute approximate surface area is 118 Å². The summed E-state index contributed by atoms with van der Waals surface area (Å²) in [5, 5.41) is 0.0957. The Morgan fingerprint density at radius 1 is 1.56 bits per heavy atom. The highest BCUT2D eigenvalue weighted by Crippen LogP contribution is 2.20. The predicted octanol–water partition coefficient (Wildman–Crippen LogP) is 1.83. The summed E-state index contributed by atoms with van der Waals surface area (Å²) >= 11 is 9.10. The van der Waals surface area contributed by atoms with E-state index < -0.39 is 5.91 Å². The fourth-order valence-electron chi connectivity index (χ4n) is 1.38. The highest BCUT2D eigenvalue weighted by Gasteiger charge is 2.23. The molecule has 0 aliphatic carbocycles. The summed E-state index contributed by atoms with van der Waals surface area (Å²) in [5.74, 6) is -0.946. The standard InChI is InChI=1S/C11H13BrClN3O2/c1-6(2)16(5-9(14)17)11(18)8-3-7(12)4-15-10(8)13/h3-4,6H,5H2,1-2H3,(H2,14,17). The van der Waals surface area contributed by atoms with Crippen LogP contribution in [0.25, 0.3) is 0 Å². The van der Waals surface area contributed by atoms with E-state index in [0.717, 1.165) is 0 Å². The van der Waals surface area contributed by atoms with Gasteiger partial charge in [-0.15, -0.1) is 0 Å². The van der Waals surface area contributed by atoms with Crippen molar-refractivity contribution in [3.05, 3.63) is 27.5 Å². The van der Waals surface area contributed by atoms with Crippen LogP contribution in [0.1, 0.15) is 24.2 Å². The van der Waals surface area contributed by atoms with E-state index in [0.29, 0.717) is 4.47 Å². The van der Waals surface area contributed by atoms with Gasteiger partial charge in [0.2, 0.25) is 5.91 Å². The molecule has 0 fully saturated rings. The number of halogens is 2. The van der Waals surface area contributed by atoms with Gasteiger partial charge >= 0.3 is 0 Å². The molecule has 5 nitrogen and oxygen atoms in total. The van der Waals surface area contributed by atoms with Gasteiger partial charge in [0.05, 0.1) is 12.1 Å². The van der Waals surface area contributed by atoms with Gasteiger partial charge in [-0.3, -0.25) is 9.59 Å². The van der Waals surface area contributed by atoms with E-state index >= 15 is 0 Å². The molecule has 2 amide bonds. The molecule has 0 aromatic carbocycles. The van der Waals surface area contributed by atoms with Crippen molar-refractivity contribution in [3.63, 3.8) is 0 Å². The molecule has 0 aliphatic rings. The van der Waals surface area contributed by atoms with E-state index in [4.69, 9.17) is 17.3 Å². The van der Waals surface area contributed by atoms with E-state index in [1.807, 2.05) is 0 Å². The molecule has 0 atom stereocenters. The molecule has 0 aliphatic heterocycles. The zero-order chi connectivity index (χ0) is 13.9. The van der Waals surface area contributed by atoms with Crippen molar-refractivity contribution in [2.45, 2.75) is 19.9 Å². The minimum Gasteiger partial charge on any atom is -0.368 e. The number of nitrogens with two attached hydrogens (primary N) is 1. The van der Waals surface area contributed by atoms with Crippen molar-refractivity contribution < 1.29 is 9.59 Å². The first-order valence-corrected chi connectivity index (χ1v) is 6.40. The topological polar surface area (TPSA) is 76.3 Å². The lowest BCUT2D eigenvalue weighted by atomic mass is 10.2. The maximum absolute atomic E-state index is 12.3. The summed E-state index contributed by atoms with van der Waals surface area (Å²) in [6.07, 6.45) is 1.49. The lowest BCUT2D eigenvalue weighted by Crippen LogP contribution is -2.42. The molecule has 7 heteroatoms. The second-order valence-corrected chi connectivity index (χ2v) is 5.26. The summed E-state index contributed by atoms with van der Waals surface area (Å²) < 4.78 is 0.637. The van der Waals surface area contributed by atoms with Crippen LogP contribution in [0.2, 0.25) is 5.15 Å². The van der Waals surface area contributed by atoms with Gasteiger partial charge in [-0.25, -0.2) is 4.98 Å². The molecule has 1 aromatic heterocycles. The Kier molecular flexibility index (Phi) is 5.10. The average molecular weight is 335 g/mol. The first-order valence-electron chi connectivity index (χ1n) is 5.23. The van der Waals surface area contributed by atoms with Crippen LogP contribution < -0.4 is 5.73 Å². The number of nitrogens with zero attached hydrogens (tertiary/aromatic N) is 2. The van der Waals surface area contributed by atoms with Gasteiger partial charge in [0.1, 0.15) is 5.15 Å². The third kappa shape index (κ3) is 3.68. The first kappa shape index (κ1) is 14.9. The molecule has 1 aromatic rings. The zero-order valence-corrected chi connectivity index (χ0v) is 12.3. The third-order valence-corrected chi connectivity index (χ3v) is 2.98. The number of hydrogen-bond donors (Lipinski definition) is 1. The lowest BCUT2D eigenvalue weighted by molar-refractivity contribution is -0.119. The van der Waals surface area contributed by atoms with Crippen LogP contribution in [0.4, 0.5) is 0 Å². The molecule has 1 rings (SSSR count). The van der Waals surface area contributed by atoms with Gasteiger partial charge in [0.15, 0.2) is 0 Å². The molecule has 0 saturated carbocycles. The van der Waals surface area contributed by atoms with E-state index in [2.05, 4.69) is 20.9 Å². The van der Waals surface area contributed by atoms with Crippen molar-refractivity contribution in [2.75, 3.05) is 6.54 Å². The second kappa shape index (κ2) is 6.15. The Morgan fingerprint density at radius 3 is 2.67 bits per heavy atom. The predicted molar refractivity (Wildman–Crippen MR) is 72.3 cm³/mol. The zero-order valence-electron chi connectivity index (χ0n) is 9.98. The Morgan fingerprint density at radius 2 is 2.17 bits per heavy atom.